The van der Waals surface area contributed by atoms with E-state index in [2.05, 4.69) is 0 Å². The van der Waals surface area contributed by atoms with E-state index in [0.29, 0.717) is 0 Å². The Morgan fingerprint density at radius 1 is 0.889 bits per heavy atom. The lowest BCUT2D eigenvalue weighted by Crippen LogP contribution is -2.66. The second-order valence-electron chi connectivity index (χ2n) is 4.22. The van der Waals surface area contributed by atoms with Crippen LogP contribution in [0.25, 0.3) is 0 Å². The highest BCUT2D eigenvalue weighted by Crippen LogP contribution is 2.10. The van der Waals surface area contributed by atoms with Crippen molar-refractivity contribution in [3.63, 3.8) is 0 Å². The second kappa shape index (κ2) is 4.80. The summed E-state index contributed by atoms with van der Waals surface area (Å²) in [6.07, 6.45) is 0. The molecule has 0 aromatic rings. The van der Waals surface area contributed by atoms with E-state index in [9.17, 15) is 19.2 Å². The molecule has 18 heavy (non-hydrogen) atoms. The highest BCUT2D eigenvalue weighted by atomic mass is 16.4. The summed E-state index contributed by atoms with van der Waals surface area (Å²) >= 11 is 0. The molecule has 0 aromatic carbocycles. The number of aliphatic carboxylic acids is 2. The Labute approximate surface area is 102 Å². The van der Waals surface area contributed by atoms with Crippen LogP contribution in [0.5, 0.6) is 0 Å². The van der Waals surface area contributed by atoms with Crippen LogP contribution in [0.2, 0.25) is 0 Å². The van der Waals surface area contributed by atoms with E-state index in [1.165, 1.54) is 0 Å². The number of carbonyl (C=O) groups excluding carboxylic acids is 2. The van der Waals surface area contributed by atoms with E-state index in [-0.39, 0.29) is 0 Å². The van der Waals surface area contributed by atoms with Gasteiger partial charge in [0.2, 0.25) is 0 Å². The van der Waals surface area contributed by atoms with Gasteiger partial charge in [0.1, 0.15) is 6.04 Å². The molecule has 0 aromatic heterocycles. The van der Waals surface area contributed by atoms with E-state index in [0.717, 1.165) is 13.8 Å². The van der Waals surface area contributed by atoms with E-state index in [1.54, 1.807) is 0 Å². The molecule has 0 amide bonds. The van der Waals surface area contributed by atoms with Crippen LogP contribution < -0.4 is 17.2 Å². The monoisotopic (exact) mass is 261 g/mol. The molecule has 0 saturated carbocycles. The van der Waals surface area contributed by atoms with Crippen LogP contribution >= 0.6 is 0 Å². The van der Waals surface area contributed by atoms with Crippen LogP contribution in [0, 0.1) is 0 Å². The first kappa shape index (κ1) is 16.2. The van der Waals surface area contributed by atoms with Gasteiger partial charge in [-0.25, -0.2) is 9.59 Å². The van der Waals surface area contributed by atoms with Gasteiger partial charge in [-0.05, 0) is 13.8 Å². The Balaban J connectivity index is 5.27. The average Bonchev–Trinajstić information content (AvgIpc) is 2.25. The normalized spacial score (nSPS) is 17.7. The highest BCUT2D eigenvalue weighted by molar-refractivity contribution is 6.23. The Morgan fingerprint density at radius 2 is 1.11 bits per heavy atom. The van der Waals surface area contributed by atoms with Crippen molar-refractivity contribution in [2.24, 2.45) is 17.2 Å². The highest BCUT2D eigenvalue weighted by Gasteiger charge is 2.48. The third kappa shape index (κ3) is 2.70. The molecule has 0 aliphatic carbocycles. The first-order chi connectivity index (χ1) is 7.86. The maximum atomic E-state index is 11.6. The van der Waals surface area contributed by atoms with Gasteiger partial charge in [-0.15, -0.1) is 0 Å². The van der Waals surface area contributed by atoms with Gasteiger partial charge in [0.05, 0.1) is 0 Å². The molecule has 9 heteroatoms. The Bertz CT molecular complexity index is 377. The summed E-state index contributed by atoms with van der Waals surface area (Å²) in [6, 6.07) is -2.03. The zero-order valence-electron chi connectivity index (χ0n) is 9.84. The number of rotatable bonds is 6. The van der Waals surface area contributed by atoms with Gasteiger partial charge in [0, 0.05) is 0 Å². The summed E-state index contributed by atoms with van der Waals surface area (Å²) in [4.78, 5) is 44.7. The van der Waals surface area contributed by atoms with E-state index >= 15 is 0 Å². The number of carboxylic acid groups (broad SMARTS) is 2. The van der Waals surface area contributed by atoms with Gasteiger partial charge in [0.25, 0.3) is 0 Å². The minimum atomic E-state index is -2.40. The number of hydrogen-bond acceptors (Lipinski definition) is 7. The van der Waals surface area contributed by atoms with Crippen LogP contribution in [-0.4, -0.2) is 50.8 Å². The molecular formula is C9H15N3O6. The molecule has 0 aliphatic heterocycles. The van der Waals surface area contributed by atoms with E-state index in [1.807, 2.05) is 0 Å². The lowest BCUT2D eigenvalue weighted by Gasteiger charge is -2.25. The number of carboxylic acids is 2. The van der Waals surface area contributed by atoms with Crippen molar-refractivity contribution in [2.45, 2.75) is 31.0 Å². The SMILES string of the molecule is C[C@@](N)(C(=O)O)C(=O)C(N)C(=O)[C@](C)(N)C(=O)O. The standard InChI is InChI=1S/C9H15N3O6/c1-8(11,6(15)16)4(13)3(10)5(14)9(2,12)7(17)18/h3H,10-12H2,1-2H3,(H,15,16)(H,17,18)/t8-,9-/m0/s1. The van der Waals surface area contributed by atoms with Crippen molar-refractivity contribution < 1.29 is 29.4 Å². The summed E-state index contributed by atoms with van der Waals surface area (Å²) in [6.45, 7) is 1.69. The third-order valence-electron chi connectivity index (χ3n) is 2.48. The molecule has 0 fully saturated rings. The molecule has 0 heterocycles. The molecule has 0 spiro atoms. The van der Waals surface area contributed by atoms with Crippen molar-refractivity contribution >= 4 is 23.5 Å². The van der Waals surface area contributed by atoms with Crippen molar-refractivity contribution in [1.29, 1.82) is 0 Å². The summed E-state index contributed by atoms with van der Waals surface area (Å²) in [5.41, 5.74) is 10.8. The summed E-state index contributed by atoms with van der Waals surface area (Å²) in [7, 11) is 0. The summed E-state index contributed by atoms with van der Waals surface area (Å²) < 4.78 is 0. The van der Waals surface area contributed by atoms with Crippen LogP contribution in [0.1, 0.15) is 13.8 Å². The quantitative estimate of drug-likeness (QED) is 0.311. The molecule has 0 rings (SSSR count). The fourth-order valence-electron chi connectivity index (χ4n) is 0.976. The van der Waals surface area contributed by atoms with Gasteiger partial charge in [-0.2, -0.15) is 0 Å². The van der Waals surface area contributed by atoms with Crippen LogP contribution in [-0.2, 0) is 19.2 Å². The van der Waals surface area contributed by atoms with E-state index in [4.69, 9.17) is 27.4 Å². The maximum absolute atomic E-state index is 11.6. The first-order valence-corrected chi connectivity index (χ1v) is 4.75. The van der Waals surface area contributed by atoms with Gasteiger partial charge in [0.15, 0.2) is 22.6 Å². The molecule has 2 atom stereocenters. The minimum Gasteiger partial charge on any atom is -0.480 e. The molecule has 0 bridgehead atoms. The average molecular weight is 261 g/mol. The maximum Gasteiger partial charge on any atom is 0.331 e. The first-order valence-electron chi connectivity index (χ1n) is 4.75. The molecule has 102 valence electrons. The molecule has 0 radical (unpaired) electrons. The fourth-order valence-corrected chi connectivity index (χ4v) is 0.976. The topological polar surface area (TPSA) is 187 Å². The lowest BCUT2D eigenvalue weighted by atomic mass is 9.84. The predicted octanol–water partition coefficient (Wildman–Crippen LogP) is -2.94. The van der Waals surface area contributed by atoms with Gasteiger partial charge < -0.3 is 27.4 Å². The van der Waals surface area contributed by atoms with Crippen LogP contribution in [0.15, 0.2) is 0 Å². The van der Waals surface area contributed by atoms with Gasteiger partial charge >= 0.3 is 11.9 Å². The number of nitrogens with two attached hydrogens (primary N) is 3. The predicted molar refractivity (Wildman–Crippen MR) is 58.4 cm³/mol. The van der Waals surface area contributed by atoms with Crippen molar-refractivity contribution in [3.05, 3.63) is 0 Å². The molecule has 9 nitrogen and oxygen atoms in total. The van der Waals surface area contributed by atoms with Gasteiger partial charge in [-0.1, -0.05) is 0 Å². The van der Waals surface area contributed by atoms with E-state index < -0.39 is 40.6 Å². The number of hydrogen-bond donors (Lipinski definition) is 5. The molecule has 0 saturated heterocycles. The molecule has 0 aliphatic rings. The lowest BCUT2D eigenvalue weighted by molar-refractivity contribution is -0.150. The Morgan fingerprint density at radius 3 is 1.28 bits per heavy atom. The van der Waals surface area contributed by atoms with Crippen LogP contribution in [0.3, 0.4) is 0 Å². The van der Waals surface area contributed by atoms with Crippen molar-refractivity contribution in [1.82, 2.24) is 0 Å². The van der Waals surface area contributed by atoms with Crippen molar-refractivity contribution in [3.8, 4) is 0 Å². The Hall–Kier alpha value is -1.84. The number of carbonyl (C=O) groups is 4. The number of ketones is 2. The largest absolute Gasteiger partial charge is 0.480 e. The van der Waals surface area contributed by atoms with Gasteiger partial charge in [-0.3, -0.25) is 9.59 Å². The fraction of sp³-hybridized carbons (Fsp3) is 0.556. The molecule has 8 N–H and O–H groups in total. The van der Waals surface area contributed by atoms with Crippen LogP contribution in [0.4, 0.5) is 0 Å². The second-order valence-corrected chi connectivity index (χ2v) is 4.22. The number of Topliss-reactive ketones (excluding diaryl/α,β-unsaturated/α-hetero) is 2. The Kier molecular flexibility index (Phi) is 4.31. The third-order valence-corrected chi connectivity index (χ3v) is 2.48. The summed E-state index contributed by atoms with van der Waals surface area (Å²) in [5.74, 6) is -6.02. The minimum absolute atomic E-state index is 0.847. The smallest absolute Gasteiger partial charge is 0.331 e. The molecular weight excluding hydrogens is 246 g/mol. The zero-order chi connectivity index (χ0) is 14.9. The zero-order valence-corrected chi connectivity index (χ0v) is 9.84. The molecule has 0 unspecified atom stereocenters. The summed E-state index contributed by atoms with van der Waals surface area (Å²) in [5, 5.41) is 17.4. The van der Waals surface area contributed by atoms with Crippen molar-refractivity contribution in [2.75, 3.05) is 0 Å².